The Balaban J connectivity index is 1.76. The van der Waals surface area contributed by atoms with Crippen LogP contribution in [-0.4, -0.2) is 29.9 Å². The van der Waals surface area contributed by atoms with Crippen LogP contribution in [0.25, 0.3) is 0 Å². The molecule has 2 aromatic carbocycles. The lowest BCUT2D eigenvalue weighted by Crippen LogP contribution is -2.27. The van der Waals surface area contributed by atoms with E-state index >= 15 is 0 Å². The van der Waals surface area contributed by atoms with Gasteiger partial charge in [0.2, 0.25) is 5.91 Å². The van der Waals surface area contributed by atoms with Crippen molar-refractivity contribution in [3.8, 4) is 0 Å². The summed E-state index contributed by atoms with van der Waals surface area (Å²) in [5, 5.41) is 0. The van der Waals surface area contributed by atoms with Crippen molar-refractivity contribution < 1.29 is 4.79 Å². The van der Waals surface area contributed by atoms with Crippen molar-refractivity contribution in [1.29, 1.82) is 0 Å². The van der Waals surface area contributed by atoms with Gasteiger partial charge in [0, 0.05) is 24.2 Å². The summed E-state index contributed by atoms with van der Waals surface area (Å²) in [5.41, 5.74) is 3.70. The Morgan fingerprint density at radius 3 is 2.22 bits per heavy atom. The number of carbonyl (C=O) groups excluding carboxylic acids is 1. The average Bonchev–Trinajstić information content (AvgIpc) is 2.57. The van der Waals surface area contributed by atoms with Crippen molar-refractivity contribution >= 4 is 29.4 Å². The van der Waals surface area contributed by atoms with E-state index in [1.807, 2.05) is 7.05 Å². The highest BCUT2D eigenvalue weighted by atomic mass is 32.2. The molecule has 0 heterocycles. The molecule has 0 aliphatic rings. The molecule has 0 aliphatic heterocycles. The number of nitrogens with zero attached hydrogens (tertiary/aromatic N) is 1. The zero-order valence-electron chi connectivity index (χ0n) is 13.9. The topological polar surface area (TPSA) is 20.3 Å². The van der Waals surface area contributed by atoms with Crippen molar-refractivity contribution in [2.45, 2.75) is 24.1 Å². The smallest absolute Gasteiger partial charge is 0.232 e. The molecule has 0 N–H and O–H groups in total. The van der Waals surface area contributed by atoms with Crippen LogP contribution in [0.3, 0.4) is 0 Å². The van der Waals surface area contributed by atoms with E-state index < -0.39 is 0 Å². The first kappa shape index (κ1) is 18.0. The van der Waals surface area contributed by atoms with Gasteiger partial charge in [0.05, 0.1) is 5.75 Å². The van der Waals surface area contributed by atoms with Crippen LogP contribution in [0, 0.1) is 6.92 Å². The van der Waals surface area contributed by atoms with E-state index in [9.17, 15) is 4.79 Å². The van der Waals surface area contributed by atoms with Gasteiger partial charge in [0.25, 0.3) is 0 Å². The van der Waals surface area contributed by atoms with Crippen LogP contribution in [0.4, 0.5) is 0 Å². The summed E-state index contributed by atoms with van der Waals surface area (Å²) in [6, 6.07) is 16.9. The lowest BCUT2D eigenvalue weighted by molar-refractivity contribution is -0.127. The number of hydrogen-bond acceptors (Lipinski definition) is 3. The molecule has 2 nitrogen and oxygen atoms in total. The van der Waals surface area contributed by atoms with Crippen LogP contribution in [0.5, 0.6) is 0 Å². The Bertz CT molecular complexity index is 623. The Kier molecular flexibility index (Phi) is 7.06. The van der Waals surface area contributed by atoms with Gasteiger partial charge in [-0.1, -0.05) is 42.0 Å². The van der Waals surface area contributed by atoms with E-state index in [0.717, 1.165) is 5.75 Å². The molecule has 0 radical (unpaired) electrons. The average molecular weight is 346 g/mol. The van der Waals surface area contributed by atoms with Gasteiger partial charge in [-0.05, 0) is 36.4 Å². The van der Waals surface area contributed by atoms with Crippen molar-refractivity contribution in [3.05, 3.63) is 65.2 Å². The SMILES string of the molecule is CSc1ccc(CN(C)C(=O)CSCc2ccc(C)cc2)cc1. The highest BCUT2D eigenvalue weighted by Gasteiger charge is 2.09. The molecule has 4 heteroatoms. The normalized spacial score (nSPS) is 10.6. The van der Waals surface area contributed by atoms with Gasteiger partial charge in [-0.25, -0.2) is 0 Å². The predicted molar refractivity (Wildman–Crippen MR) is 102 cm³/mol. The molecule has 23 heavy (non-hydrogen) atoms. The minimum atomic E-state index is 0.177. The van der Waals surface area contributed by atoms with Gasteiger partial charge >= 0.3 is 0 Å². The van der Waals surface area contributed by atoms with Gasteiger partial charge < -0.3 is 4.90 Å². The zero-order chi connectivity index (χ0) is 16.7. The minimum Gasteiger partial charge on any atom is -0.341 e. The molecule has 0 aromatic heterocycles. The Labute approximate surface area is 147 Å². The van der Waals surface area contributed by atoms with Gasteiger partial charge in [0.1, 0.15) is 0 Å². The van der Waals surface area contributed by atoms with Gasteiger partial charge in [-0.3, -0.25) is 4.79 Å². The molecule has 2 aromatic rings. The second kappa shape index (κ2) is 9.04. The highest BCUT2D eigenvalue weighted by Crippen LogP contribution is 2.17. The maximum atomic E-state index is 12.2. The summed E-state index contributed by atoms with van der Waals surface area (Å²) < 4.78 is 0. The molecule has 0 atom stereocenters. The number of rotatable bonds is 7. The maximum Gasteiger partial charge on any atom is 0.232 e. The van der Waals surface area contributed by atoms with Crippen molar-refractivity contribution in [2.75, 3.05) is 19.1 Å². The molecule has 1 amide bonds. The third-order valence-corrected chi connectivity index (χ3v) is 5.35. The first-order chi connectivity index (χ1) is 11.1. The summed E-state index contributed by atoms with van der Waals surface area (Å²) in [5.74, 6) is 1.58. The van der Waals surface area contributed by atoms with E-state index in [0.29, 0.717) is 12.3 Å². The quantitative estimate of drug-likeness (QED) is 0.684. The Morgan fingerprint density at radius 2 is 1.61 bits per heavy atom. The van der Waals surface area contributed by atoms with Crippen molar-refractivity contribution in [1.82, 2.24) is 4.90 Å². The second-order valence-electron chi connectivity index (χ2n) is 5.58. The highest BCUT2D eigenvalue weighted by molar-refractivity contribution is 7.99. The number of carbonyl (C=O) groups is 1. The third-order valence-electron chi connectivity index (χ3n) is 3.62. The van der Waals surface area contributed by atoms with Gasteiger partial charge in [0.15, 0.2) is 0 Å². The fraction of sp³-hybridized carbons (Fsp3) is 0.316. The molecule has 2 rings (SSSR count). The number of aryl methyl sites for hydroxylation is 1. The van der Waals surface area contributed by atoms with E-state index in [-0.39, 0.29) is 5.91 Å². The number of thioether (sulfide) groups is 2. The fourth-order valence-electron chi connectivity index (χ4n) is 2.14. The molecule has 0 unspecified atom stereocenters. The van der Waals surface area contributed by atoms with Crippen LogP contribution in [0.15, 0.2) is 53.4 Å². The fourth-order valence-corrected chi connectivity index (χ4v) is 3.48. The van der Waals surface area contributed by atoms with E-state index in [2.05, 4.69) is 61.7 Å². The first-order valence-corrected chi connectivity index (χ1v) is 9.96. The summed E-state index contributed by atoms with van der Waals surface area (Å²) >= 11 is 3.40. The molecule has 0 saturated carbocycles. The Hall–Kier alpha value is -1.39. The van der Waals surface area contributed by atoms with Crippen LogP contribution in [0.2, 0.25) is 0 Å². The second-order valence-corrected chi connectivity index (χ2v) is 7.44. The summed E-state index contributed by atoms with van der Waals surface area (Å²) in [7, 11) is 1.87. The lowest BCUT2D eigenvalue weighted by Gasteiger charge is -2.17. The van der Waals surface area contributed by atoms with Crippen LogP contribution < -0.4 is 0 Å². The number of amides is 1. The summed E-state index contributed by atoms with van der Waals surface area (Å²) in [4.78, 5) is 15.3. The number of hydrogen-bond donors (Lipinski definition) is 0. The zero-order valence-corrected chi connectivity index (χ0v) is 15.5. The Morgan fingerprint density at radius 1 is 1.00 bits per heavy atom. The van der Waals surface area contributed by atoms with Crippen molar-refractivity contribution in [3.63, 3.8) is 0 Å². The summed E-state index contributed by atoms with van der Waals surface area (Å²) in [6.45, 7) is 2.75. The van der Waals surface area contributed by atoms with Crippen LogP contribution in [0.1, 0.15) is 16.7 Å². The van der Waals surface area contributed by atoms with E-state index in [1.54, 1.807) is 28.4 Å². The largest absolute Gasteiger partial charge is 0.341 e. The standard InChI is InChI=1S/C19H23NOS2/c1-15-4-6-17(7-5-15)13-23-14-19(21)20(2)12-16-8-10-18(22-3)11-9-16/h4-11H,12-14H2,1-3H3. The van der Waals surface area contributed by atoms with Gasteiger partial charge in [-0.15, -0.1) is 23.5 Å². The van der Waals surface area contributed by atoms with Gasteiger partial charge in [-0.2, -0.15) is 0 Å². The maximum absolute atomic E-state index is 12.2. The summed E-state index contributed by atoms with van der Waals surface area (Å²) in [6.07, 6.45) is 2.07. The minimum absolute atomic E-state index is 0.177. The lowest BCUT2D eigenvalue weighted by atomic mass is 10.2. The monoisotopic (exact) mass is 345 g/mol. The molecule has 0 aliphatic carbocycles. The van der Waals surface area contributed by atoms with E-state index in [1.165, 1.54) is 21.6 Å². The molecular weight excluding hydrogens is 322 g/mol. The van der Waals surface area contributed by atoms with Crippen LogP contribution >= 0.6 is 23.5 Å². The molecule has 0 spiro atoms. The molecule has 122 valence electrons. The molecular formula is C19H23NOS2. The molecule has 0 fully saturated rings. The third kappa shape index (κ3) is 5.96. The van der Waals surface area contributed by atoms with Crippen LogP contribution in [-0.2, 0) is 17.1 Å². The van der Waals surface area contributed by atoms with Crippen molar-refractivity contribution in [2.24, 2.45) is 0 Å². The number of benzene rings is 2. The van der Waals surface area contributed by atoms with E-state index in [4.69, 9.17) is 0 Å². The first-order valence-electron chi connectivity index (χ1n) is 7.58. The predicted octanol–water partition coefficient (Wildman–Crippen LogP) is 4.61. The molecule has 0 bridgehead atoms. The molecule has 0 saturated heterocycles.